The van der Waals surface area contributed by atoms with E-state index in [2.05, 4.69) is 20.2 Å². The summed E-state index contributed by atoms with van der Waals surface area (Å²) in [6, 6.07) is 8.38. The Balaban J connectivity index is 1.55. The van der Waals surface area contributed by atoms with Crippen LogP contribution in [0.2, 0.25) is 5.02 Å². The minimum atomic E-state index is -0.906. The molecule has 1 aliphatic rings. The Bertz CT molecular complexity index is 1180. The van der Waals surface area contributed by atoms with Crippen LogP contribution in [0.1, 0.15) is 19.3 Å². The summed E-state index contributed by atoms with van der Waals surface area (Å²) in [6.45, 7) is 2.93. The monoisotopic (exact) mass is 530 g/mol. The van der Waals surface area contributed by atoms with Crippen molar-refractivity contribution < 1.29 is 13.9 Å². The van der Waals surface area contributed by atoms with Crippen molar-refractivity contribution in [3.63, 3.8) is 0 Å². The first kappa shape index (κ1) is 23.7. The van der Waals surface area contributed by atoms with Gasteiger partial charge in [0, 0.05) is 0 Å². The molecule has 0 radical (unpaired) electrons. The molecule has 6 nitrogen and oxygen atoms in total. The van der Waals surface area contributed by atoms with E-state index in [4.69, 9.17) is 16.3 Å². The van der Waals surface area contributed by atoms with Gasteiger partial charge in [-0.25, -0.2) is 0 Å². The number of carbonyl (C=O) groups is 1. The Hall–Kier alpha value is -2.47. The molecule has 4 rings (SSSR count). The van der Waals surface area contributed by atoms with Crippen molar-refractivity contribution in [2.75, 3.05) is 32.1 Å². The number of methoxy groups -OCH3 is 1. The van der Waals surface area contributed by atoms with Gasteiger partial charge in [-0.05, 0) is 0 Å². The zero-order chi connectivity index (χ0) is 23.2. The van der Waals surface area contributed by atoms with Gasteiger partial charge in [0.2, 0.25) is 0 Å². The third-order valence-corrected chi connectivity index (χ3v) is 8.36. The normalized spacial score (nSPS) is 15.0. The Labute approximate surface area is 203 Å². The molecule has 9 heteroatoms. The number of rotatable bonds is 7. The second-order valence-electron chi connectivity index (χ2n) is 7.80. The van der Waals surface area contributed by atoms with Crippen LogP contribution in [0.4, 0.5) is 10.1 Å². The van der Waals surface area contributed by atoms with Crippen LogP contribution >= 0.6 is 11.6 Å². The minimum absolute atomic E-state index is 0.0978. The van der Waals surface area contributed by atoms with E-state index in [1.165, 1.54) is 31.7 Å². The average Bonchev–Trinajstić information content (AvgIpc) is 2.82. The van der Waals surface area contributed by atoms with E-state index < -0.39 is 21.6 Å². The first-order valence-corrected chi connectivity index (χ1v) is 13.3. The van der Waals surface area contributed by atoms with Crippen LogP contribution in [0.15, 0.2) is 48.8 Å². The average molecular weight is 531 g/mol. The van der Waals surface area contributed by atoms with Crippen molar-refractivity contribution in [2.24, 2.45) is 0 Å². The number of anilines is 1. The predicted molar refractivity (Wildman–Crippen MR) is 132 cm³/mol. The second-order valence-corrected chi connectivity index (χ2v) is 10.9. The summed E-state index contributed by atoms with van der Waals surface area (Å²) >= 11 is 5.04. The summed E-state index contributed by atoms with van der Waals surface area (Å²) in [5.41, 5.74) is 1.27. The first-order valence-electron chi connectivity index (χ1n) is 10.8. The maximum absolute atomic E-state index is 13.5. The molecule has 1 atom stereocenters. The number of nitrogens with one attached hydrogen (secondary N) is 1. The Morgan fingerprint density at radius 3 is 2.82 bits per heavy atom. The van der Waals surface area contributed by atoms with Crippen molar-refractivity contribution in [3.05, 3.63) is 59.7 Å². The molecule has 1 aliphatic heterocycles. The van der Waals surface area contributed by atoms with Crippen LogP contribution in [0.5, 0.6) is 5.75 Å². The molecule has 1 aromatic heterocycles. The number of hydrogen-bond donors (Lipinski definition) is 1. The number of carbonyl (C=O) groups excluding carboxylic acids is 1. The van der Waals surface area contributed by atoms with Crippen LogP contribution in [0, 0.1) is 5.82 Å². The van der Waals surface area contributed by atoms with E-state index in [9.17, 15) is 9.18 Å². The SMILES string of the molecule is COc1cc2ncnc([AsH]c3ccc(F)c(Cl)c3)c2cc1NC(=O)/C=C/CN1CCCCC1. The zero-order valence-corrected chi connectivity index (χ0v) is 21.1. The fourth-order valence-electron chi connectivity index (χ4n) is 3.79. The van der Waals surface area contributed by atoms with Gasteiger partial charge in [0.1, 0.15) is 0 Å². The Morgan fingerprint density at radius 1 is 1.24 bits per heavy atom. The molecule has 2 aromatic carbocycles. The molecule has 0 saturated carbocycles. The number of nitrogens with zero attached hydrogens (tertiary/aromatic N) is 3. The zero-order valence-electron chi connectivity index (χ0n) is 18.3. The van der Waals surface area contributed by atoms with Gasteiger partial charge in [-0.1, -0.05) is 6.42 Å². The molecular weight excluding hydrogens is 506 g/mol. The Kier molecular flexibility index (Phi) is 7.97. The van der Waals surface area contributed by atoms with Crippen LogP contribution in [0.3, 0.4) is 0 Å². The van der Waals surface area contributed by atoms with Gasteiger partial charge in [0.25, 0.3) is 0 Å². The number of hydrogen-bond acceptors (Lipinski definition) is 5. The number of ether oxygens (including phenoxy) is 1. The van der Waals surface area contributed by atoms with Gasteiger partial charge < -0.3 is 0 Å². The number of aromatic nitrogens is 2. The van der Waals surface area contributed by atoms with E-state index in [1.54, 1.807) is 31.4 Å². The first-order chi connectivity index (χ1) is 16.0. The maximum atomic E-state index is 13.5. The van der Waals surface area contributed by atoms with Gasteiger partial charge in [-0.3, -0.25) is 0 Å². The predicted octanol–water partition coefficient (Wildman–Crippen LogP) is 2.80. The molecule has 1 saturated heterocycles. The van der Waals surface area contributed by atoms with Gasteiger partial charge in [-0.15, -0.1) is 0 Å². The molecule has 2 heterocycles. The van der Waals surface area contributed by atoms with Gasteiger partial charge >= 0.3 is 198 Å². The van der Waals surface area contributed by atoms with Crippen molar-refractivity contribution in [3.8, 4) is 5.75 Å². The number of amides is 1. The molecule has 172 valence electrons. The van der Waals surface area contributed by atoms with Gasteiger partial charge in [-0.2, -0.15) is 0 Å². The van der Waals surface area contributed by atoms with Crippen LogP contribution in [0.25, 0.3) is 10.9 Å². The molecule has 0 aliphatic carbocycles. The summed E-state index contributed by atoms with van der Waals surface area (Å²) in [7, 11) is 1.56. The second kappa shape index (κ2) is 11.1. The molecule has 0 bridgehead atoms. The van der Waals surface area contributed by atoms with E-state index in [1.807, 2.05) is 12.1 Å². The fraction of sp³-hybridized carbons (Fsp3) is 0.292. The molecule has 33 heavy (non-hydrogen) atoms. The molecule has 1 amide bonds. The number of likely N-dealkylation sites (tertiary alicyclic amines) is 1. The van der Waals surface area contributed by atoms with Crippen molar-refractivity contribution in [2.45, 2.75) is 19.3 Å². The molecule has 0 spiro atoms. The van der Waals surface area contributed by atoms with Crippen LogP contribution in [-0.4, -0.2) is 63.3 Å². The third-order valence-electron chi connectivity index (χ3n) is 5.48. The molecule has 1 N–H and O–H groups in total. The van der Waals surface area contributed by atoms with Crippen molar-refractivity contribution in [1.29, 1.82) is 0 Å². The third kappa shape index (κ3) is 6.11. The molecule has 3 aromatic rings. The summed E-state index contributed by atoms with van der Waals surface area (Å²) in [4.78, 5) is 23.7. The molecule has 1 unspecified atom stereocenters. The van der Waals surface area contributed by atoms with E-state index in [0.29, 0.717) is 17.0 Å². The quantitative estimate of drug-likeness (QED) is 0.376. The van der Waals surface area contributed by atoms with E-state index in [0.717, 1.165) is 33.9 Å². The van der Waals surface area contributed by atoms with Crippen LogP contribution < -0.4 is 18.9 Å². The number of halogens is 2. The summed E-state index contributed by atoms with van der Waals surface area (Å²) in [5, 5.41) is 3.84. The van der Waals surface area contributed by atoms with Gasteiger partial charge in [0.15, 0.2) is 0 Å². The number of fused-ring (bicyclic) bond motifs is 1. The van der Waals surface area contributed by atoms with Crippen molar-refractivity contribution in [1.82, 2.24) is 14.9 Å². The van der Waals surface area contributed by atoms with Gasteiger partial charge in [0.05, 0.1) is 0 Å². The number of benzene rings is 2. The summed E-state index contributed by atoms with van der Waals surface area (Å²) in [5.74, 6) is -0.137. The Morgan fingerprint density at radius 2 is 2.06 bits per heavy atom. The topological polar surface area (TPSA) is 67.4 Å². The van der Waals surface area contributed by atoms with E-state index >= 15 is 0 Å². The van der Waals surface area contributed by atoms with Crippen molar-refractivity contribution >= 4 is 58.7 Å². The van der Waals surface area contributed by atoms with Crippen LogP contribution in [-0.2, 0) is 4.79 Å². The molecule has 1 fully saturated rings. The fourth-order valence-corrected chi connectivity index (χ4v) is 6.50. The standard InChI is InChI=1S/C24H25AsClFN4O2/c1-33-22-14-20-17(24(29-15-28-20)25-16-7-8-19(27)18(26)12-16)13-21(22)30-23(32)6-5-11-31-9-3-2-4-10-31/h5-8,12-15,25H,2-4,9-11H2,1H3,(H,30,32)/b6-5+. The number of piperidine rings is 1. The summed E-state index contributed by atoms with van der Waals surface area (Å²) < 4.78 is 20.8. The van der Waals surface area contributed by atoms with E-state index in [-0.39, 0.29) is 10.9 Å². The molecular formula is C24H25AsClFN4O2. The summed E-state index contributed by atoms with van der Waals surface area (Å²) in [6.07, 6.45) is 8.68.